The molecule has 0 spiro atoms. The molecule has 2 saturated heterocycles. The Morgan fingerprint density at radius 3 is 2.85 bits per heavy atom. The Hall–Kier alpha value is -1.55. The Bertz CT molecular complexity index is 514. The third-order valence-corrected chi connectivity index (χ3v) is 4.80. The van der Waals surface area contributed by atoms with Crippen LogP contribution in [0.2, 0.25) is 0 Å². The molecule has 3 atom stereocenters. The molecule has 1 aromatic rings. The summed E-state index contributed by atoms with van der Waals surface area (Å²) in [6.07, 6.45) is 0. The zero-order valence-electron chi connectivity index (χ0n) is 12.5. The average molecular weight is 273 g/mol. The van der Waals surface area contributed by atoms with E-state index in [9.17, 15) is 4.79 Å². The molecule has 4 heteroatoms. The Morgan fingerprint density at radius 2 is 2.15 bits per heavy atom. The summed E-state index contributed by atoms with van der Waals surface area (Å²) in [6, 6.07) is 8.25. The summed E-state index contributed by atoms with van der Waals surface area (Å²) >= 11 is 0. The molecule has 4 nitrogen and oxygen atoms in total. The van der Waals surface area contributed by atoms with Gasteiger partial charge in [0.2, 0.25) is 0 Å². The number of nitrogens with zero attached hydrogens (tertiary/aromatic N) is 2. The van der Waals surface area contributed by atoms with Crippen LogP contribution in [0.5, 0.6) is 0 Å². The first-order valence-corrected chi connectivity index (χ1v) is 7.37. The van der Waals surface area contributed by atoms with Crippen LogP contribution in [0, 0.1) is 11.8 Å². The zero-order valence-corrected chi connectivity index (χ0v) is 12.5. The third-order valence-electron chi connectivity index (χ3n) is 4.80. The fourth-order valence-corrected chi connectivity index (χ4v) is 3.52. The number of nitrogens with one attached hydrogen (secondary N) is 1. The standard InChI is InChI=1S/C16H23N3O/c1-11-15-9-17-8-13(15)10-19(11)16(20)12-5-4-6-14(7-12)18(2)3/h4-7,11,13,15,17H,8-10H2,1-3H3. The SMILES string of the molecule is CC1C2CNCC2CN1C(=O)c1cccc(N(C)C)c1. The number of anilines is 1. The number of amides is 1. The molecule has 0 saturated carbocycles. The van der Waals surface area contributed by atoms with Gasteiger partial charge in [0.25, 0.3) is 5.91 Å². The van der Waals surface area contributed by atoms with Crippen molar-refractivity contribution in [2.24, 2.45) is 11.8 Å². The van der Waals surface area contributed by atoms with Crippen LogP contribution in [0.4, 0.5) is 5.69 Å². The first-order valence-electron chi connectivity index (χ1n) is 7.37. The smallest absolute Gasteiger partial charge is 0.254 e. The number of likely N-dealkylation sites (tertiary alicyclic amines) is 1. The highest BCUT2D eigenvalue weighted by molar-refractivity contribution is 5.95. The van der Waals surface area contributed by atoms with Gasteiger partial charge < -0.3 is 15.1 Å². The minimum Gasteiger partial charge on any atom is -0.378 e. The zero-order chi connectivity index (χ0) is 14.3. The summed E-state index contributed by atoms with van der Waals surface area (Å²) in [6.45, 7) is 5.18. The van der Waals surface area contributed by atoms with Gasteiger partial charge in [0.05, 0.1) is 0 Å². The molecular weight excluding hydrogens is 250 g/mol. The fourth-order valence-electron chi connectivity index (χ4n) is 3.52. The predicted octanol–water partition coefficient (Wildman–Crippen LogP) is 1.43. The van der Waals surface area contributed by atoms with Crippen LogP contribution in [-0.4, -0.2) is 50.6 Å². The number of carbonyl (C=O) groups excluding carboxylic acids is 1. The van der Waals surface area contributed by atoms with E-state index in [4.69, 9.17) is 0 Å². The van der Waals surface area contributed by atoms with Crippen molar-refractivity contribution >= 4 is 11.6 Å². The van der Waals surface area contributed by atoms with Gasteiger partial charge in [-0.3, -0.25) is 4.79 Å². The molecule has 0 radical (unpaired) electrons. The summed E-state index contributed by atoms with van der Waals surface area (Å²) in [7, 11) is 4.00. The summed E-state index contributed by atoms with van der Waals surface area (Å²) in [5.41, 5.74) is 1.88. The molecule has 1 amide bonds. The molecule has 20 heavy (non-hydrogen) atoms. The van der Waals surface area contributed by atoms with Crippen LogP contribution in [0.25, 0.3) is 0 Å². The first-order chi connectivity index (χ1) is 9.58. The van der Waals surface area contributed by atoms with E-state index in [1.165, 1.54) is 0 Å². The molecule has 2 heterocycles. The summed E-state index contributed by atoms with van der Waals surface area (Å²) < 4.78 is 0. The second kappa shape index (κ2) is 5.09. The lowest BCUT2D eigenvalue weighted by molar-refractivity contribution is 0.0728. The van der Waals surface area contributed by atoms with E-state index in [0.29, 0.717) is 17.9 Å². The molecular formula is C16H23N3O. The molecule has 0 aliphatic carbocycles. The van der Waals surface area contributed by atoms with Gasteiger partial charge in [0, 0.05) is 51.0 Å². The van der Waals surface area contributed by atoms with E-state index < -0.39 is 0 Å². The van der Waals surface area contributed by atoms with Crippen molar-refractivity contribution in [3.05, 3.63) is 29.8 Å². The van der Waals surface area contributed by atoms with Crippen molar-refractivity contribution in [1.82, 2.24) is 10.2 Å². The molecule has 2 aliphatic rings. The number of benzene rings is 1. The predicted molar refractivity (Wildman–Crippen MR) is 81.1 cm³/mol. The average Bonchev–Trinajstić information content (AvgIpc) is 3.02. The fraction of sp³-hybridized carbons (Fsp3) is 0.562. The maximum absolute atomic E-state index is 12.8. The highest BCUT2D eigenvalue weighted by atomic mass is 16.2. The number of hydrogen-bond acceptors (Lipinski definition) is 3. The summed E-state index contributed by atoms with van der Waals surface area (Å²) in [4.78, 5) is 16.8. The molecule has 3 rings (SSSR count). The normalized spacial score (nSPS) is 28.6. The Kier molecular flexibility index (Phi) is 3.42. The van der Waals surface area contributed by atoms with Crippen LogP contribution < -0.4 is 10.2 Å². The van der Waals surface area contributed by atoms with E-state index in [-0.39, 0.29) is 5.91 Å². The molecule has 0 bridgehead atoms. The lowest BCUT2D eigenvalue weighted by atomic mass is 9.95. The van der Waals surface area contributed by atoms with E-state index in [0.717, 1.165) is 30.9 Å². The summed E-state index contributed by atoms with van der Waals surface area (Å²) in [5.74, 6) is 1.43. The van der Waals surface area contributed by atoms with Gasteiger partial charge >= 0.3 is 0 Å². The van der Waals surface area contributed by atoms with Crippen LogP contribution in [-0.2, 0) is 0 Å². The number of hydrogen-bond donors (Lipinski definition) is 1. The van der Waals surface area contributed by atoms with Gasteiger partial charge in [-0.2, -0.15) is 0 Å². The lowest BCUT2D eigenvalue weighted by Crippen LogP contribution is -2.38. The van der Waals surface area contributed by atoms with E-state index in [1.807, 2.05) is 43.3 Å². The van der Waals surface area contributed by atoms with Crippen LogP contribution in [0.3, 0.4) is 0 Å². The van der Waals surface area contributed by atoms with Crippen molar-refractivity contribution in [3.63, 3.8) is 0 Å². The minimum absolute atomic E-state index is 0.176. The van der Waals surface area contributed by atoms with Crippen LogP contribution in [0.1, 0.15) is 17.3 Å². The van der Waals surface area contributed by atoms with Crippen molar-refractivity contribution in [3.8, 4) is 0 Å². The van der Waals surface area contributed by atoms with Gasteiger partial charge in [-0.1, -0.05) is 6.07 Å². The quantitative estimate of drug-likeness (QED) is 0.885. The topological polar surface area (TPSA) is 35.6 Å². The second-order valence-electron chi connectivity index (χ2n) is 6.23. The molecule has 0 aromatic heterocycles. The first kappa shape index (κ1) is 13.4. The van der Waals surface area contributed by atoms with Gasteiger partial charge in [-0.15, -0.1) is 0 Å². The molecule has 3 unspecified atom stereocenters. The van der Waals surface area contributed by atoms with Gasteiger partial charge in [0.1, 0.15) is 0 Å². The van der Waals surface area contributed by atoms with E-state index in [2.05, 4.69) is 17.1 Å². The number of rotatable bonds is 2. The van der Waals surface area contributed by atoms with Crippen molar-refractivity contribution in [1.29, 1.82) is 0 Å². The maximum Gasteiger partial charge on any atom is 0.254 e. The molecule has 1 aromatic carbocycles. The summed E-state index contributed by atoms with van der Waals surface area (Å²) in [5, 5.41) is 3.43. The second-order valence-corrected chi connectivity index (χ2v) is 6.23. The molecule has 108 valence electrons. The Balaban J connectivity index is 1.81. The van der Waals surface area contributed by atoms with Crippen molar-refractivity contribution < 1.29 is 4.79 Å². The highest BCUT2D eigenvalue weighted by Crippen LogP contribution is 2.33. The number of carbonyl (C=O) groups is 1. The monoisotopic (exact) mass is 273 g/mol. The number of fused-ring (bicyclic) bond motifs is 1. The van der Waals surface area contributed by atoms with Crippen molar-refractivity contribution in [2.75, 3.05) is 38.6 Å². The Morgan fingerprint density at radius 1 is 1.35 bits per heavy atom. The van der Waals surface area contributed by atoms with Crippen LogP contribution in [0.15, 0.2) is 24.3 Å². The highest BCUT2D eigenvalue weighted by Gasteiger charge is 2.43. The van der Waals surface area contributed by atoms with Crippen molar-refractivity contribution in [2.45, 2.75) is 13.0 Å². The largest absolute Gasteiger partial charge is 0.378 e. The Labute approximate surface area is 120 Å². The molecule has 1 N–H and O–H groups in total. The lowest BCUT2D eigenvalue weighted by Gasteiger charge is -2.25. The van der Waals surface area contributed by atoms with Crippen LogP contribution >= 0.6 is 0 Å². The third kappa shape index (κ3) is 2.18. The molecule has 2 aliphatic heterocycles. The van der Waals surface area contributed by atoms with E-state index >= 15 is 0 Å². The maximum atomic E-state index is 12.8. The van der Waals surface area contributed by atoms with E-state index in [1.54, 1.807) is 0 Å². The van der Waals surface area contributed by atoms with Gasteiger partial charge in [0.15, 0.2) is 0 Å². The van der Waals surface area contributed by atoms with Gasteiger partial charge in [-0.05, 0) is 37.0 Å². The van der Waals surface area contributed by atoms with Gasteiger partial charge in [-0.25, -0.2) is 0 Å². The minimum atomic E-state index is 0.176. The molecule has 2 fully saturated rings.